The number of hydrogen-bond acceptors (Lipinski definition) is 6. The van der Waals surface area contributed by atoms with Gasteiger partial charge in [-0.3, -0.25) is 4.79 Å². The number of carboxylic acid groups (broad SMARTS) is 1. The summed E-state index contributed by atoms with van der Waals surface area (Å²) in [5, 5.41) is 11.0. The Kier molecular flexibility index (Phi) is 4.35. The molecule has 8 nitrogen and oxygen atoms in total. The lowest BCUT2D eigenvalue weighted by Gasteiger charge is -2.11. The lowest BCUT2D eigenvalue weighted by molar-refractivity contribution is -0.148. The Morgan fingerprint density at radius 2 is 2.18 bits per heavy atom. The van der Waals surface area contributed by atoms with E-state index in [0.717, 1.165) is 0 Å². The predicted molar refractivity (Wildman–Crippen MR) is 57.2 cm³/mol. The lowest BCUT2D eigenvalue weighted by atomic mass is 10.3. The molecule has 0 aliphatic carbocycles. The van der Waals surface area contributed by atoms with E-state index in [1.54, 1.807) is 0 Å². The van der Waals surface area contributed by atoms with Gasteiger partial charge < -0.3 is 20.9 Å². The van der Waals surface area contributed by atoms with E-state index in [4.69, 9.17) is 10.8 Å². The van der Waals surface area contributed by atoms with Gasteiger partial charge in [-0.05, 0) is 0 Å². The molecule has 0 aliphatic heterocycles. The molecule has 0 radical (unpaired) electrons. The number of nitrogens with one attached hydrogen (secondary N) is 1. The van der Waals surface area contributed by atoms with E-state index >= 15 is 0 Å². The maximum absolute atomic E-state index is 11.6. The largest absolute Gasteiger partial charge is 0.479 e. The van der Waals surface area contributed by atoms with Crippen molar-refractivity contribution in [3.8, 4) is 0 Å². The standard InChI is InChI=1S/C9H12N4O4/c1-17-5(9(15)16)4-13-8(14)6-7(10)12-3-2-11-6/h2-3,5H,4H2,1H3,(H2,10,12)(H,13,14)(H,15,16). The van der Waals surface area contributed by atoms with Gasteiger partial charge in [-0.1, -0.05) is 0 Å². The fourth-order valence-electron chi connectivity index (χ4n) is 1.06. The number of carbonyl (C=O) groups excluding carboxylic acids is 1. The highest BCUT2D eigenvalue weighted by atomic mass is 16.5. The molecule has 17 heavy (non-hydrogen) atoms. The molecule has 8 heteroatoms. The lowest BCUT2D eigenvalue weighted by Crippen LogP contribution is -2.38. The average Bonchev–Trinajstić information content (AvgIpc) is 2.29. The number of anilines is 1. The number of methoxy groups -OCH3 is 1. The second-order valence-corrected chi connectivity index (χ2v) is 3.06. The molecule has 92 valence electrons. The molecule has 0 fully saturated rings. The van der Waals surface area contributed by atoms with Crippen LogP contribution in [0.4, 0.5) is 5.82 Å². The quantitative estimate of drug-likeness (QED) is 0.595. The predicted octanol–water partition coefficient (Wildman–Crippen LogP) is -1.11. The zero-order valence-electron chi connectivity index (χ0n) is 9.08. The van der Waals surface area contributed by atoms with Crippen molar-refractivity contribution >= 4 is 17.7 Å². The van der Waals surface area contributed by atoms with Gasteiger partial charge in [0.25, 0.3) is 5.91 Å². The van der Waals surface area contributed by atoms with Crippen LogP contribution in [0.2, 0.25) is 0 Å². The molecule has 0 bridgehead atoms. The molecule has 0 saturated carbocycles. The fraction of sp³-hybridized carbons (Fsp3) is 0.333. The summed E-state index contributed by atoms with van der Waals surface area (Å²) in [6, 6.07) is 0. The number of nitrogen functional groups attached to an aromatic ring is 1. The topological polar surface area (TPSA) is 127 Å². The van der Waals surface area contributed by atoms with Crippen molar-refractivity contribution in [3.63, 3.8) is 0 Å². The summed E-state index contributed by atoms with van der Waals surface area (Å²) >= 11 is 0. The van der Waals surface area contributed by atoms with Crippen molar-refractivity contribution in [3.05, 3.63) is 18.1 Å². The SMILES string of the molecule is COC(CNC(=O)c1nccnc1N)C(=O)O. The summed E-state index contributed by atoms with van der Waals surface area (Å²) in [5.74, 6) is -1.78. The van der Waals surface area contributed by atoms with Gasteiger partial charge in [0.15, 0.2) is 17.6 Å². The van der Waals surface area contributed by atoms with Crippen LogP contribution in [0.15, 0.2) is 12.4 Å². The van der Waals surface area contributed by atoms with Crippen LogP contribution >= 0.6 is 0 Å². The first kappa shape index (κ1) is 12.8. The van der Waals surface area contributed by atoms with Crippen molar-refractivity contribution < 1.29 is 19.4 Å². The molecule has 0 spiro atoms. The Hall–Kier alpha value is -2.22. The Bertz CT molecular complexity index is 423. The Morgan fingerprint density at radius 1 is 1.53 bits per heavy atom. The van der Waals surface area contributed by atoms with Gasteiger partial charge in [-0.15, -0.1) is 0 Å². The van der Waals surface area contributed by atoms with Gasteiger partial charge in [0.05, 0.1) is 6.54 Å². The number of aromatic nitrogens is 2. The molecular formula is C9H12N4O4. The molecule has 1 atom stereocenters. The molecular weight excluding hydrogens is 228 g/mol. The third-order valence-corrected chi connectivity index (χ3v) is 1.95. The van der Waals surface area contributed by atoms with Crippen LogP contribution in [0.1, 0.15) is 10.5 Å². The zero-order valence-corrected chi connectivity index (χ0v) is 9.08. The minimum atomic E-state index is -1.17. The Balaban J connectivity index is 2.62. The number of nitrogens with two attached hydrogens (primary N) is 1. The summed E-state index contributed by atoms with van der Waals surface area (Å²) in [6.45, 7) is -0.180. The molecule has 1 aromatic heterocycles. The van der Waals surface area contributed by atoms with Crippen molar-refractivity contribution in [1.29, 1.82) is 0 Å². The first-order valence-corrected chi connectivity index (χ1v) is 4.66. The van der Waals surface area contributed by atoms with Gasteiger partial charge in [0, 0.05) is 19.5 Å². The number of aliphatic carboxylic acids is 1. The van der Waals surface area contributed by atoms with Crippen LogP contribution in [0.3, 0.4) is 0 Å². The van der Waals surface area contributed by atoms with Crippen molar-refractivity contribution in [2.45, 2.75) is 6.10 Å². The summed E-state index contributed by atoms with van der Waals surface area (Å²) in [4.78, 5) is 29.6. The highest BCUT2D eigenvalue weighted by molar-refractivity contribution is 5.96. The molecule has 0 aromatic carbocycles. The summed E-state index contributed by atoms with van der Waals surface area (Å²) in [5.41, 5.74) is 5.39. The van der Waals surface area contributed by atoms with Gasteiger partial charge in [0.2, 0.25) is 0 Å². The maximum Gasteiger partial charge on any atom is 0.334 e. The molecule has 1 heterocycles. The molecule has 4 N–H and O–H groups in total. The minimum Gasteiger partial charge on any atom is -0.479 e. The normalized spacial score (nSPS) is 11.8. The summed E-state index contributed by atoms with van der Waals surface area (Å²) in [7, 11) is 1.24. The summed E-state index contributed by atoms with van der Waals surface area (Å²) in [6.07, 6.45) is 1.55. The minimum absolute atomic E-state index is 0.0192. The van der Waals surface area contributed by atoms with E-state index in [1.807, 2.05) is 0 Å². The van der Waals surface area contributed by atoms with E-state index in [9.17, 15) is 9.59 Å². The van der Waals surface area contributed by atoms with E-state index in [0.29, 0.717) is 0 Å². The second-order valence-electron chi connectivity index (χ2n) is 3.06. The van der Waals surface area contributed by atoms with E-state index in [1.165, 1.54) is 19.5 Å². The monoisotopic (exact) mass is 240 g/mol. The van der Waals surface area contributed by atoms with Crippen LogP contribution in [-0.2, 0) is 9.53 Å². The average molecular weight is 240 g/mol. The van der Waals surface area contributed by atoms with Crippen molar-refractivity contribution in [1.82, 2.24) is 15.3 Å². The first-order chi connectivity index (χ1) is 8.06. The van der Waals surface area contributed by atoms with Gasteiger partial charge >= 0.3 is 5.97 Å². The van der Waals surface area contributed by atoms with Crippen molar-refractivity contribution in [2.24, 2.45) is 0 Å². The highest BCUT2D eigenvalue weighted by Crippen LogP contribution is 2.02. The number of nitrogens with zero attached hydrogens (tertiary/aromatic N) is 2. The molecule has 1 amide bonds. The van der Waals surface area contributed by atoms with Crippen LogP contribution in [0, 0.1) is 0 Å². The first-order valence-electron chi connectivity index (χ1n) is 4.66. The molecule has 1 unspecified atom stereocenters. The second kappa shape index (κ2) is 5.75. The summed E-state index contributed by atoms with van der Waals surface area (Å²) < 4.78 is 4.65. The van der Waals surface area contributed by atoms with Crippen LogP contribution in [0.5, 0.6) is 0 Å². The zero-order chi connectivity index (χ0) is 12.8. The molecule has 0 saturated heterocycles. The van der Waals surface area contributed by atoms with Crippen LogP contribution in [0.25, 0.3) is 0 Å². The van der Waals surface area contributed by atoms with E-state index < -0.39 is 18.0 Å². The van der Waals surface area contributed by atoms with Gasteiger partial charge in [-0.25, -0.2) is 14.8 Å². The van der Waals surface area contributed by atoms with Gasteiger partial charge in [0.1, 0.15) is 0 Å². The molecule has 1 aromatic rings. The number of carbonyl (C=O) groups is 2. The van der Waals surface area contributed by atoms with Crippen LogP contribution in [-0.4, -0.2) is 46.7 Å². The van der Waals surface area contributed by atoms with E-state index in [2.05, 4.69) is 20.0 Å². The molecule has 0 aliphatic rings. The Labute approximate surface area is 96.8 Å². The number of amides is 1. The third-order valence-electron chi connectivity index (χ3n) is 1.95. The number of carboxylic acids is 1. The number of rotatable bonds is 5. The Morgan fingerprint density at radius 3 is 2.71 bits per heavy atom. The smallest absolute Gasteiger partial charge is 0.334 e. The number of ether oxygens (including phenoxy) is 1. The number of hydrogen-bond donors (Lipinski definition) is 3. The highest BCUT2D eigenvalue weighted by Gasteiger charge is 2.19. The maximum atomic E-state index is 11.6. The van der Waals surface area contributed by atoms with Crippen LogP contribution < -0.4 is 11.1 Å². The van der Waals surface area contributed by atoms with Gasteiger partial charge in [-0.2, -0.15) is 0 Å². The molecule has 1 rings (SSSR count). The van der Waals surface area contributed by atoms with E-state index in [-0.39, 0.29) is 18.1 Å². The van der Waals surface area contributed by atoms with Crippen molar-refractivity contribution in [2.75, 3.05) is 19.4 Å². The third kappa shape index (κ3) is 3.38. The fourth-order valence-corrected chi connectivity index (χ4v) is 1.06.